The van der Waals surface area contributed by atoms with Crippen LogP contribution >= 0.6 is 0 Å². The molecule has 1 aliphatic rings. The molecule has 1 saturated heterocycles. The summed E-state index contributed by atoms with van der Waals surface area (Å²) in [5.41, 5.74) is 3.33. The molecule has 1 fully saturated rings. The van der Waals surface area contributed by atoms with Crippen LogP contribution in [-0.4, -0.2) is 46.6 Å². The molecule has 1 N–H and O–H groups in total. The van der Waals surface area contributed by atoms with Crippen molar-refractivity contribution in [2.75, 3.05) is 13.1 Å². The molecule has 3 aromatic rings. The molecule has 2 unspecified atom stereocenters. The van der Waals surface area contributed by atoms with Gasteiger partial charge in [-0.05, 0) is 56.2 Å². The Morgan fingerprint density at radius 2 is 1.69 bits per heavy atom. The predicted octanol–water partition coefficient (Wildman–Crippen LogP) is 3.38. The van der Waals surface area contributed by atoms with E-state index in [1.54, 1.807) is 24.4 Å². The van der Waals surface area contributed by atoms with Crippen LogP contribution in [0.25, 0.3) is 0 Å². The second-order valence-corrected chi connectivity index (χ2v) is 9.19. The number of carbonyl (C=O) groups is 2. The first kappa shape index (κ1) is 24.4. The van der Waals surface area contributed by atoms with Gasteiger partial charge >= 0.3 is 0 Å². The van der Waals surface area contributed by atoms with Gasteiger partial charge in [-0.3, -0.25) is 14.4 Å². The van der Waals surface area contributed by atoms with E-state index in [9.17, 15) is 14.4 Å². The largest absolute Gasteiger partial charge is 0.372 e. The zero-order valence-corrected chi connectivity index (χ0v) is 20.4. The summed E-state index contributed by atoms with van der Waals surface area (Å²) < 4.78 is 7.24. The number of hydrogen-bond donors (Lipinski definition) is 1. The highest BCUT2D eigenvalue weighted by atomic mass is 16.5. The number of hydrogen-bond acceptors (Lipinski definition) is 4. The van der Waals surface area contributed by atoms with Gasteiger partial charge in [0.2, 0.25) is 0 Å². The Hall–Kier alpha value is -3.71. The van der Waals surface area contributed by atoms with Crippen molar-refractivity contribution in [2.24, 2.45) is 0 Å². The fourth-order valence-corrected chi connectivity index (χ4v) is 4.41. The molecule has 4 rings (SSSR count). The average molecular weight is 474 g/mol. The summed E-state index contributed by atoms with van der Waals surface area (Å²) in [5.74, 6) is -0.453. The van der Waals surface area contributed by atoms with E-state index < -0.39 is 5.91 Å². The average Bonchev–Trinajstić information content (AvgIpc) is 2.83. The van der Waals surface area contributed by atoms with Crippen LogP contribution in [0, 0.1) is 6.92 Å². The monoisotopic (exact) mass is 473 g/mol. The molecule has 2 aromatic carbocycles. The minimum atomic E-state index is -0.426. The van der Waals surface area contributed by atoms with Gasteiger partial charge in [-0.25, -0.2) is 0 Å². The molecule has 7 heteroatoms. The molecule has 0 saturated carbocycles. The van der Waals surface area contributed by atoms with Crippen LogP contribution in [0.3, 0.4) is 0 Å². The minimum absolute atomic E-state index is 0.0107. The Bertz CT molecular complexity index is 1260. The van der Waals surface area contributed by atoms with Crippen molar-refractivity contribution in [2.45, 2.75) is 46.1 Å². The molecule has 1 aliphatic heterocycles. The fraction of sp³-hybridized carbons (Fsp3) is 0.321. The molecule has 35 heavy (non-hydrogen) atoms. The highest BCUT2D eigenvalue weighted by molar-refractivity contribution is 5.95. The number of benzene rings is 2. The molecular formula is C28H31N3O4. The molecule has 1 aromatic heterocycles. The number of aromatic nitrogens is 1. The third-order valence-corrected chi connectivity index (χ3v) is 6.06. The van der Waals surface area contributed by atoms with Crippen LogP contribution in [0.2, 0.25) is 0 Å². The molecule has 0 spiro atoms. The summed E-state index contributed by atoms with van der Waals surface area (Å²) in [7, 11) is 0. The number of amides is 2. The summed E-state index contributed by atoms with van der Waals surface area (Å²) in [4.78, 5) is 40.3. The molecule has 7 nitrogen and oxygen atoms in total. The third-order valence-electron chi connectivity index (χ3n) is 6.06. The first-order valence-electron chi connectivity index (χ1n) is 11.9. The van der Waals surface area contributed by atoms with Crippen LogP contribution in [0.15, 0.2) is 71.7 Å². The standard InChI is InChI=1S/C28H31N3O4/c1-19-6-4-7-23(14-19)18-30-13-5-8-25(28(30)34)26(32)29-15-22-9-11-24(12-10-22)27(33)31-16-20(2)35-21(3)17-31/h4-14,20-21H,15-18H2,1-3H3,(H,29,32). The summed E-state index contributed by atoms with van der Waals surface area (Å²) >= 11 is 0. The summed E-state index contributed by atoms with van der Waals surface area (Å²) in [6, 6.07) is 18.4. The van der Waals surface area contributed by atoms with E-state index >= 15 is 0 Å². The van der Waals surface area contributed by atoms with Crippen molar-refractivity contribution in [3.8, 4) is 0 Å². The maximum atomic E-state index is 12.9. The van der Waals surface area contributed by atoms with E-state index in [1.165, 1.54) is 10.6 Å². The van der Waals surface area contributed by atoms with Crippen LogP contribution in [0.1, 0.15) is 51.3 Å². The van der Waals surface area contributed by atoms with Crippen LogP contribution in [0.4, 0.5) is 0 Å². The van der Waals surface area contributed by atoms with Gasteiger partial charge in [0.1, 0.15) is 5.56 Å². The topological polar surface area (TPSA) is 80.6 Å². The van der Waals surface area contributed by atoms with Gasteiger partial charge in [0.05, 0.1) is 18.8 Å². The summed E-state index contributed by atoms with van der Waals surface area (Å²) in [6.45, 7) is 7.72. The van der Waals surface area contributed by atoms with E-state index in [-0.39, 0.29) is 35.8 Å². The summed E-state index contributed by atoms with van der Waals surface area (Å²) in [5, 5.41) is 2.82. The lowest BCUT2D eigenvalue weighted by Gasteiger charge is -2.35. The third kappa shape index (κ3) is 6.05. The van der Waals surface area contributed by atoms with Crippen molar-refractivity contribution in [1.29, 1.82) is 0 Å². The van der Waals surface area contributed by atoms with E-state index in [2.05, 4.69) is 5.32 Å². The number of nitrogens with one attached hydrogen (secondary N) is 1. The van der Waals surface area contributed by atoms with Crippen molar-refractivity contribution < 1.29 is 14.3 Å². The van der Waals surface area contributed by atoms with Gasteiger partial charge in [-0.2, -0.15) is 0 Å². The zero-order chi connectivity index (χ0) is 24.9. The van der Waals surface area contributed by atoms with Gasteiger partial charge < -0.3 is 19.5 Å². The molecule has 2 amide bonds. The van der Waals surface area contributed by atoms with Gasteiger partial charge in [0.15, 0.2) is 0 Å². The quantitative estimate of drug-likeness (QED) is 0.595. The van der Waals surface area contributed by atoms with Crippen LogP contribution in [-0.2, 0) is 17.8 Å². The van der Waals surface area contributed by atoms with Crippen molar-refractivity contribution >= 4 is 11.8 Å². The Balaban J connectivity index is 1.38. The van der Waals surface area contributed by atoms with Crippen molar-refractivity contribution in [3.05, 3.63) is 105 Å². The van der Waals surface area contributed by atoms with Crippen molar-refractivity contribution in [1.82, 2.24) is 14.8 Å². The molecule has 0 radical (unpaired) electrons. The number of aryl methyl sites for hydroxylation is 1. The molecule has 2 atom stereocenters. The highest BCUT2D eigenvalue weighted by Crippen LogP contribution is 2.15. The second kappa shape index (κ2) is 10.7. The lowest BCUT2D eigenvalue weighted by molar-refractivity contribution is -0.0586. The van der Waals surface area contributed by atoms with Gasteiger partial charge in [0.25, 0.3) is 17.4 Å². The van der Waals surface area contributed by atoms with Gasteiger partial charge in [-0.1, -0.05) is 42.0 Å². The molecule has 2 heterocycles. The summed E-state index contributed by atoms with van der Waals surface area (Å²) in [6.07, 6.45) is 1.71. The SMILES string of the molecule is Cc1cccc(Cn2cccc(C(=O)NCc3ccc(C(=O)N4CC(C)OC(C)C4)cc3)c2=O)c1. The molecule has 0 aliphatic carbocycles. The lowest BCUT2D eigenvalue weighted by atomic mass is 10.1. The highest BCUT2D eigenvalue weighted by Gasteiger charge is 2.26. The first-order valence-corrected chi connectivity index (χ1v) is 11.9. The number of ether oxygens (including phenoxy) is 1. The van der Waals surface area contributed by atoms with Crippen LogP contribution in [0.5, 0.6) is 0 Å². The van der Waals surface area contributed by atoms with Crippen LogP contribution < -0.4 is 10.9 Å². The van der Waals surface area contributed by atoms with Gasteiger partial charge in [0, 0.05) is 31.4 Å². The second-order valence-electron chi connectivity index (χ2n) is 9.19. The number of nitrogens with zero attached hydrogens (tertiary/aromatic N) is 2. The first-order chi connectivity index (χ1) is 16.8. The molecule has 182 valence electrons. The number of carbonyl (C=O) groups excluding carboxylic acids is 2. The minimum Gasteiger partial charge on any atom is -0.372 e. The van der Waals surface area contributed by atoms with Gasteiger partial charge in [-0.15, -0.1) is 0 Å². The van der Waals surface area contributed by atoms with E-state index in [0.717, 1.165) is 16.7 Å². The number of rotatable bonds is 6. The van der Waals surface area contributed by atoms with Crippen molar-refractivity contribution in [3.63, 3.8) is 0 Å². The normalized spacial score (nSPS) is 17.7. The van der Waals surface area contributed by atoms with E-state index in [1.807, 2.05) is 62.1 Å². The maximum Gasteiger partial charge on any atom is 0.263 e. The van der Waals surface area contributed by atoms with E-state index in [0.29, 0.717) is 25.2 Å². The Kier molecular flexibility index (Phi) is 7.46. The Morgan fingerprint density at radius 3 is 2.37 bits per heavy atom. The van der Waals surface area contributed by atoms with E-state index in [4.69, 9.17) is 4.74 Å². The zero-order valence-electron chi connectivity index (χ0n) is 20.4. The molecular weight excluding hydrogens is 442 g/mol. The Labute approximate surface area is 205 Å². The molecule has 0 bridgehead atoms. The Morgan fingerprint density at radius 1 is 0.971 bits per heavy atom. The number of morpholine rings is 1. The smallest absolute Gasteiger partial charge is 0.263 e. The lowest BCUT2D eigenvalue weighted by Crippen LogP contribution is -2.48. The fourth-order valence-electron chi connectivity index (χ4n) is 4.41. The predicted molar refractivity (Wildman–Crippen MR) is 135 cm³/mol. The number of pyridine rings is 1. The maximum absolute atomic E-state index is 12.9.